The van der Waals surface area contributed by atoms with Gasteiger partial charge in [0, 0.05) is 33.0 Å². The van der Waals surface area contributed by atoms with Gasteiger partial charge >= 0.3 is 11.9 Å². The van der Waals surface area contributed by atoms with E-state index in [-0.39, 0.29) is 11.9 Å². The van der Waals surface area contributed by atoms with Crippen molar-refractivity contribution < 1.29 is 19.1 Å². The zero-order chi connectivity index (χ0) is 20.1. The normalized spacial score (nSPS) is 10.1. The highest BCUT2D eigenvalue weighted by Crippen LogP contribution is 2.31. The highest BCUT2D eigenvalue weighted by molar-refractivity contribution is 9.10. The Morgan fingerprint density at radius 2 is 1.59 bits per heavy atom. The lowest BCUT2D eigenvalue weighted by Crippen LogP contribution is -1.96. The fraction of sp³-hybridized carbons (Fsp3) is 0.278. The van der Waals surface area contributed by atoms with Gasteiger partial charge in [-0.15, -0.1) is 22.7 Å². The van der Waals surface area contributed by atoms with E-state index in [9.17, 15) is 9.59 Å². The number of thiophene rings is 2. The third kappa shape index (κ3) is 5.27. The summed E-state index contributed by atoms with van der Waals surface area (Å²) in [6, 6.07) is 3.62. The molecule has 0 aliphatic rings. The number of rotatable bonds is 3. The zero-order valence-corrected chi connectivity index (χ0v) is 18.8. The Balaban J connectivity index is 0.000000208. The molecule has 9 heteroatoms. The van der Waals surface area contributed by atoms with Crippen molar-refractivity contribution >= 4 is 50.5 Å². The third-order valence-electron chi connectivity index (χ3n) is 3.56. The quantitative estimate of drug-likeness (QED) is 0.511. The molecule has 6 nitrogen and oxygen atoms in total. The second-order valence-electron chi connectivity index (χ2n) is 5.48. The molecule has 0 unspecified atom stereocenters. The molecule has 0 aliphatic heterocycles. The van der Waals surface area contributed by atoms with Gasteiger partial charge < -0.3 is 9.47 Å². The van der Waals surface area contributed by atoms with Crippen LogP contribution in [0.3, 0.4) is 0 Å². The molecule has 0 aliphatic carbocycles. The van der Waals surface area contributed by atoms with Crippen molar-refractivity contribution in [2.24, 2.45) is 7.05 Å². The van der Waals surface area contributed by atoms with Crippen molar-refractivity contribution in [2.75, 3.05) is 14.2 Å². The summed E-state index contributed by atoms with van der Waals surface area (Å²) >= 11 is 6.18. The maximum absolute atomic E-state index is 11.4. The SMILES string of the molecule is COC(=O)c1cc(-c2cnn(C)c2)c(C)s1.COC(=O)c1cc(Br)c(C)s1. The average Bonchev–Trinajstić information content (AvgIpc) is 3.33. The summed E-state index contributed by atoms with van der Waals surface area (Å²) in [4.78, 5) is 25.8. The van der Waals surface area contributed by atoms with Gasteiger partial charge in [0.25, 0.3) is 0 Å². The Hall–Kier alpha value is -1.97. The Morgan fingerprint density at radius 1 is 1.04 bits per heavy atom. The van der Waals surface area contributed by atoms with Gasteiger partial charge in [-0.05, 0) is 47.5 Å². The number of ether oxygens (including phenoxy) is 2. The first kappa shape index (κ1) is 21.3. The van der Waals surface area contributed by atoms with Crippen LogP contribution >= 0.6 is 38.6 Å². The summed E-state index contributed by atoms with van der Waals surface area (Å²) in [6.07, 6.45) is 3.71. The number of carbonyl (C=O) groups is 2. The van der Waals surface area contributed by atoms with E-state index in [0.717, 1.165) is 25.4 Å². The maximum atomic E-state index is 11.4. The van der Waals surface area contributed by atoms with Crippen molar-refractivity contribution in [3.8, 4) is 11.1 Å². The van der Waals surface area contributed by atoms with E-state index >= 15 is 0 Å². The highest BCUT2D eigenvalue weighted by Gasteiger charge is 2.14. The molecule has 0 saturated carbocycles. The smallest absolute Gasteiger partial charge is 0.348 e. The highest BCUT2D eigenvalue weighted by atomic mass is 79.9. The predicted molar refractivity (Wildman–Crippen MR) is 111 cm³/mol. The number of aromatic nitrogens is 2. The van der Waals surface area contributed by atoms with E-state index in [1.54, 1.807) is 16.9 Å². The van der Waals surface area contributed by atoms with Gasteiger partial charge in [-0.2, -0.15) is 5.10 Å². The van der Waals surface area contributed by atoms with Crippen LogP contribution in [0.5, 0.6) is 0 Å². The molecule has 0 fully saturated rings. The third-order valence-corrected chi connectivity index (χ3v) is 6.71. The fourth-order valence-corrected chi connectivity index (χ4v) is 4.60. The molecule has 3 aromatic rings. The second kappa shape index (κ2) is 9.29. The van der Waals surface area contributed by atoms with E-state index < -0.39 is 0 Å². The molecule has 0 bridgehead atoms. The van der Waals surface area contributed by atoms with E-state index in [1.807, 2.05) is 33.2 Å². The molecule has 144 valence electrons. The lowest BCUT2D eigenvalue weighted by molar-refractivity contribution is 0.0597. The molecule has 27 heavy (non-hydrogen) atoms. The number of methoxy groups -OCH3 is 2. The molecule has 0 saturated heterocycles. The van der Waals surface area contributed by atoms with Crippen LogP contribution in [-0.4, -0.2) is 35.9 Å². The lowest BCUT2D eigenvalue weighted by atomic mass is 10.1. The summed E-state index contributed by atoms with van der Waals surface area (Å²) in [6.45, 7) is 3.93. The van der Waals surface area contributed by atoms with Gasteiger partial charge in [-0.1, -0.05) is 0 Å². The van der Waals surface area contributed by atoms with Crippen LogP contribution in [0.25, 0.3) is 11.1 Å². The molecule has 0 amide bonds. The van der Waals surface area contributed by atoms with E-state index in [2.05, 4.69) is 25.8 Å². The molecule has 3 rings (SSSR count). The van der Waals surface area contributed by atoms with E-state index in [0.29, 0.717) is 9.75 Å². The molecule has 0 spiro atoms. The lowest BCUT2D eigenvalue weighted by Gasteiger charge is -1.92. The summed E-state index contributed by atoms with van der Waals surface area (Å²) in [7, 11) is 4.64. The number of hydrogen-bond donors (Lipinski definition) is 0. The van der Waals surface area contributed by atoms with Crippen molar-refractivity contribution in [1.29, 1.82) is 0 Å². The molecule has 0 radical (unpaired) electrons. The minimum absolute atomic E-state index is 0.274. The van der Waals surface area contributed by atoms with Gasteiger partial charge in [0.1, 0.15) is 9.75 Å². The van der Waals surface area contributed by atoms with Gasteiger partial charge in [0.15, 0.2) is 0 Å². The van der Waals surface area contributed by atoms with Crippen LogP contribution in [-0.2, 0) is 16.5 Å². The van der Waals surface area contributed by atoms with Gasteiger partial charge in [-0.3, -0.25) is 4.68 Å². The Kier molecular flexibility index (Phi) is 7.34. The number of aryl methyl sites for hydroxylation is 3. The Labute approximate surface area is 173 Å². The minimum Gasteiger partial charge on any atom is -0.465 e. The van der Waals surface area contributed by atoms with Gasteiger partial charge in [0.05, 0.1) is 20.4 Å². The number of hydrogen-bond acceptors (Lipinski definition) is 7. The van der Waals surface area contributed by atoms with Crippen LogP contribution in [0.15, 0.2) is 29.0 Å². The van der Waals surface area contributed by atoms with E-state index in [4.69, 9.17) is 4.74 Å². The largest absolute Gasteiger partial charge is 0.465 e. The number of halogens is 1. The van der Waals surface area contributed by atoms with Crippen molar-refractivity contribution in [3.63, 3.8) is 0 Å². The first-order valence-corrected chi connectivity index (χ1v) is 10.2. The van der Waals surface area contributed by atoms with Crippen LogP contribution in [0.1, 0.15) is 29.1 Å². The molecule has 0 N–H and O–H groups in total. The topological polar surface area (TPSA) is 70.4 Å². The van der Waals surface area contributed by atoms with Crippen molar-refractivity contribution in [3.05, 3.63) is 48.5 Å². The van der Waals surface area contributed by atoms with Crippen LogP contribution in [0.4, 0.5) is 0 Å². The Morgan fingerprint density at radius 3 is 2.04 bits per heavy atom. The predicted octanol–water partition coefficient (Wildman–Crippen LogP) is 4.85. The van der Waals surface area contributed by atoms with Crippen LogP contribution in [0, 0.1) is 13.8 Å². The minimum atomic E-state index is -0.289. The molecule has 3 aromatic heterocycles. The second-order valence-corrected chi connectivity index (χ2v) is 8.85. The van der Waals surface area contributed by atoms with E-state index in [1.165, 1.54) is 36.9 Å². The maximum Gasteiger partial charge on any atom is 0.348 e. The zero-order valence-electron chi connectivity index (χ0n) is 15.5. The molecular weight excluding hydrogens is 452 g/mol. The molecular formula is C18H19BrN2O4S2. The molecule has 0 aromatic carbocycles. The molecule has 3 heterocycles. The summed E-state index contributed by atoms with van der Waals surface area (Å²) < 4.78 is 12.0. The van der Waals surface area contributed by atoms with Gasteiger partial charge in [0.2, 0.25) is 0 Å². The van der Waals surface area contributed by atoms with Crippen LogP contribution < -0.4 is 0 Å². The first-order chi connectivity index (χ1) is 12.8. The summed E-state index contributed by atoms with van der Waals surface area (Å²) in [5, 5.41) is 4.11. The number of nitrogens with zero attached hydrogens (tertiary/aromatic N) is 2. The molecule has 0 atom stereocenters. The first-order valence-electron chi connectivity index (χ1n) is 7.78. The summed E-state index contributed by atoms with van der Waals surface area (Å²) in [5.41, 5.74) is 2.06. The summed E-state index contributed by atoms with van der Waals surface area (Å²) in [5.74, 6) is -0.563. The fourth-order valence-electron chi connectivity index (χ4n) is 2.19. The number of carbonyl (C=O) groups excluding carboxylic acids is 2. The average molecular weight is 471 g/mol. The van der Waals surface area contributed by atoms with Gasteiger partial charge in [-0.25, -0.2) is 9.59 Å². The number of esters is 2. The Bertz CT molecular complexity index is 939. The van der Waals surface area contributed by atoms with Crippen molar-refractivity contribution in [2.45, 2.75) is 13.8 Å². The van der Waals surface area contributed by atoms with Crippen molar-refractivity contribution in [1.82, 2.24) is 9.78 Å². The van der Waals surface area contributed by atoms with Crippen LogP contribution in [0.2, 0.25) is 0 Å². The standard InChI is InChI=1S/C11H12N2O2S.C7H7BrO2S/c1-7-9(8-5-12-13(2)6-8)4-10(16-7)11(14)15-3;1-4-5(8)3-6(11-4)7(9)10-2/h4-6H,1-3H3;3H,1-2H3. The monoisotopic (exact) mass is 470 g/mol.